The van der Waals surface area contributed by atoms with Crippen LogP contribution >= 0.6 is 0 Å². The number of hydrogen-bond donors (Lipinski definition) is 2. The first-order valence-electron chi connectivity index (χ1n) is 7.35. The molecule has 1 aromatic heterocycles. The molecule has 0 fully saturated rings. The van der Waals surface area contributed by atoms with Crippen LogP contribution < -0.4 is 5.32 Å². The van der Waals surface area contributed by atoms with Gasteiger partial charge in [-0.15, -0.1) is 0 Å². The van der Waals surface area contributed by atoms with Crippen LogP contribution in [0.1, 0.15) is 46.2 Å². The zero-order chi connectivity index (χ0) is 20.7. The van der Waals surface area contributed by atoms with Gasteiger partial charge in [-0.1, -0.05) is 0 Å². The molecular weight excluding hydrogens is 372 g/mol. The second-order valence-electron chi connectivity index (χ2n) is 6.78. The minimum absolute atomic E-state index is 0.216. The standard InChI is InChI=1S/C14H19F6N3O3/c1-7(2)23-9(22-10(24)26-11(3,4)5)8(6-21-23)12(25,13(15,16)17)14(18,19)20/h6-7,25H,1-5H3,(H,22,24). The predicted octanol–water partition coefficient (Wildman–Crippen LogP) is 4.12. The van der Waals surface area contributed by atoms with E-state index in [1.165, 1.54) is 34.6 Å². The summed E-state index contributed by atoms with van der Waals surface area (Å²) in [6, 6.07) is -0.723. The minimum atomic E-state index is -6.11. The molecule has 12 heteroatoms. The first kappa shape index (κ1) is 22.1. The quantitative estimate of drug-likeness (QED) is 0.760. The van der Waals surface area contributed by atoms with E-state index in [9.17, 15) is 36.2 Å². The van der Waals surface area contributed by atoms with Crippen molar-refractivity contribution < 1.29 is 41.0 Å². The van der Waals surface area contributed by atoms with E-state index in [-0.39, 0.29) is 6.20 Å². The van der Waals surface area contributed by atoms with E-state index in [1.807, 2.05) is 5.32 Å². The fraction of sp³-hybridized carbons (Fsp3) is 0.714. The van der Waals surface area contributed by atoms with Gasteiger partial charge < -0.3 is 9.84 Å². The third-order valence-corrected chi connectivity index (χ3v) is 3.11. The van der Waals surface area contributed by atoms with Crippen LogP contribution in [0.2, 0.25) is 0 Å². The molecule has 26 heavy (non-hydrogen) atoms. The Balaban J connectivity index is 3.56. The van der Waals surface area contributed by atoms with Gasteiger partial charge in [0, 0.05) is 6.04 Å². The summed E-state index contributed by atoms with van der Waals surface area (Å²) in [5, 5.41) is 14.9. The number of carbonyl (C=O) groups is 1. The molecule has 1 aromatic rings. The van der Waals surface area contributed by atoms with Gasteiger partial charge >= 0.3 is 18.4 Å². The zero-order valence-corrected chi connectivity index (χ0v) is 14.6. The maximum atomic E-state index is 13.1. The number of nitrogens with one attached hydrogen (secondary N) is 1. The summed E-state index contributed by atoms with van der Waals surface area (Å²) in [7, 11) is 0. The number of halogens is 6. The lowest BCUT2D eigenvalue weighted by Crippen LogP contribution is -2.54. The number of rotatable bonds is 3. The summed E-state index contributed by atoms with van der Waals surface area (Å²) in [6.45, 7) is 7.19. The van der Waals surface area contributed by atoms with Crippen molar-refractivity contribution in [2.45, 2.75) is 64.2 Å². The van der Waals surface area contributed by atoms with E-state index in [2.05, 4.69) is 5.10 Å². The van der Waals surface area contributed by atoms with Gasteiger partial charge in [0.1, 0.15) is 11.4 Å². The summed E-state index contributed by atoms with van der Waals surface area (Å²) < 4.78 is 84.4. The van der Waals surface area contributed by atoms with Crippen molar-refractivity contribution in [1.29, 1.82) is 0 Å². The Labute approximate surface area is 145 Å². The van der Waals surface area contributed by atoms with Gasteiger partial charge in [-0.3, -0.25) is 5.32 Å². The number of aromatic nitrogens is 2. The average molecular weight is 391 g/mol. The smallest absolute Gasteiger partial charge is 0.430 e. The van der Waals surface area contributed by atoms with Crippen molar-refractivity contribution in [2.24, 2.45) is 0 Å². The lowest BCUT2D eigenvalue weighted by atomic mass is 9.94. The fourth-order valence-corrected chi connectivity index (χ4v) is 2.01. The molecule has 2 N–H and O–H groups in total. The van der Waals surface area contributed by atoms with E-state index in [0.717, 1.165) is 0 Å². The van der Waals surface area contributed by atoms with Crippen molar-refractivity contribution >= 4 is 11.9 Å². The van der Waals surface area contributed by atoms with Crippen LogP contribution in [0.4, 0.5) is 37.0 Å². The summed E-state index contributed by atoms with van der Waals surface area (Å²) in [5.74, 6) is -0.966. The van der Waals surface area contributed by atoms with Crippen LogP contribution in [0, 0.1) is 0 Å². The third-order valence-electron chi connectivity index (χ3n) is 3.11. The van der Waals surface area contributed by atoms with E-state index in [0.29, 0.717) is 4.68 Å². The number of amides is 1. The Hall–Kier alpha value is -1.98. The van der Waals surface area contributed by atoms with E-state index < -0.39 is 47.1 Å². The van der Waals surface area contributed by atoms with Gasteiger partial charge in [0.05, 0.1) is 11.8 Å². The van der Waals surface area contributed by atoms with Crippen molar-refractivity contribution in [1.82, 2.24) is 9.78 Å². The first-order chi connectivity index (χ1) is 11.4. The molecule has 0 spiro atoms. The maximum absolute atomic E-state index is 13.1. The molecule has 0 radical (unpaired) electrons. The summed E-state index contributed by atoms with van der Waals surface area (Å²) in [5.41, 5.74) is -7.94. The van der Waals surface area contributed by atoms with Gasteiger partial charge in [-0.05, 0) is 34.6 Å². The Morgan fingerprint density at radius 1 is 1.15 bits per heavy atom. The average Bonchev–Trinajstić information content (AvgIpc) is 2.76. The van der Waals surface area contributed by atoms with Crippen molar-refractivity contribution in [3.8, 4) is 0 Å². The highest BCUT2D eigenvalue weighted by Crippen LogP contribution is 2.52. The van der Waals surface area contributed by atoms with Crippen LogP contribution in [0.25, 0.3) is 0 Å². The Morgan fingerprint density at radius 3 is 1.96 bits per heavy atom. The number of hydrogen-bond acceptors (Lipinski definition) is 4. The zero-order valence-electron chi connectivity index (χ0n) is 14.6. The third kappa shape index (κ3) is 4.22. The van der Waals surface area contributed by atoms with Gasteiger partial charge in [0.15, 0.2) is 0 Å². The Kier molecular flexibility index (Phi) is 5.63. The van der Waals surface area contributed by atoms with E-state index in [4.69, 9.17) is 4.74 Å². The summed E-state index contributed by atoms with van der Waals surface area (Å²) in [4.78, 5) is 11.9. The highest BCUT2D eigenvalue weighted by Gasteiger charge is 2.73. The second kappa shape index (κ2) is 6.63. The largest absolute Gasteiger partial charge is 0.444 e. The lowest BCUT2D eigenvalue weighted by Gasteiger charge is -2.32. The molecule has 0 aliphatic carbocycles. The molecule has 0 bridgehead atoms. The number of alkyl halides is 6. The topological polar surface area (TPSA) is 76.4 Å². The van der Waals surface area contributed by atoms with Crippen molar-refractivity contribution in [3.05, 3.63) is 11.8 Å². The summed E-state index contributed by atoms with van der Waals surface area (Å²) in [6.07, 6.45) is -13.3. The van der Waals surface area contributed by atoms with Crippen molar-refractivity contribution in [3.63, 3.8) is 0 Å². The molecule has 1 rings (SSSR count). The van der Waals surface area contributed by atoms with Gasteiger partial charge in [0.2, 0.25) is 0 Å². The van der Waals surface area contributed by atoms with Crippen LogP contribution in [-0.4, -0.2) is 38.9 Å². The van der Waals surface area contributed by atoms with Gasteiger partial charge in [-0.2, -0.15) is 31.4 Å². The first-order valence-corrected chi connectivity index (χ1v) is 7.35. The highest BCUT2D eigenvalue weighted by atomic mass is 19.4. The second-order valence-corrected chi connectivity index (χ2v) is 6.78. The number of nitrogens with zero attached hydrogens (tertiary/aromatic N) is 2. The molecular formula is C14H19F6N3O3. The molecule has 0 aliphatic rings. The maximum Gasteiger partial charge on any atom is 0.430 e. The molecule has 0 aromatic carbocycles. The molecule has 6 nitrogen and oxygen atoms in total. The van der Waals surface area contributed by atoms with Crippen LogP contribution in [0.15, 0.2) is 6.20 Å². The molecule has 0 saturated heterocycles. The van der Waals surface area contributed by atoms with Crippen LogP contribution in [0.3, 0.4) is 0 Å². The molecule has 0 saturated carbocycles. The number of aliphatic hydroxyl groups is 1. The van der Waals surface area contributed by atoms with Gasteiger partial charge in [-0.25, -0.2) is 9.48 Å². The molecule has 1 amide bonds. The minimum Gasteiger partial charge on any atom is -0.444 e. The lowest BCUT2D eigenvalue weighted by molar-refractivity contribution is -0.376. The predicted molar refractivity (Wildman–Crippen MR) is 78.5 cm³/mol. The van der Waals surface area contributed by atoms with E-state index >= 15 is 0 Å². The monoisotopic (exact) mass is 391 g/mol. The van der Waals surface area contributed by atoms with E-state index in [1.54, 1.807) is 0 Å². The molecule has 0 unspecified atom stereocenters. The SMILES string of the molecule is CC(C)n1ncc(C(O)(C(F)(F)F)C(F)(F)F)c1NC(=O)OC(C)(C)C. The molecule has 150 valence electrons. The number of ether oxygens (including phenoxy) is 1. The normalized spacial score (nSPS) is 13.9. The van der Waals surface area contributed by atoms with Crippen LogP contribution in [0.5, 0.6) is 0 Å². The summed E-state index contributed by atoms with van der Waals surface area (Å²) >= 11 is 0. The van der Waals surface area contributed by atoms with Crippen molar-refractivity contribution in [2.75, 3.05) is 5.32 Å². The Morgan fingerprint density at radius 2 is 1.62 bits per heavy atom. The highest BCUT2D eigenvalue weighted by molar-refractivity contribution is 5.85. The number of anilines is 1. The fourth-order valence-electron chi connectivity index (χ4n) is 2.01. The molecule has 0 aliphatic heterocycles. The Bertz CT molecular complexity index is 644. The number of carbonyl (C=O) groups excluding carboxylic acids is 1. The molecule has 1 heterocycles. The van der Waals surface area contributed by atoms with Gasteiger partial charge in [0.25, 0.3) is 5.60 Å². The molecule has 0 atom stereocenters. The van der Waals surface area contributed by atoms with Crippen LogP contribution in [-0.2, 0) is 10.3 Å².